The van der Waals surface area contributed by atoms with Crippen molar-refractivity contribution in [3.05, 3.63) is 0 Å². The Labute approximate surface area is 66.3 Å². The summed E-state index contributed by atoms with van der Waals surface area (Å²) in [5.41, 5.74) is 5.28. The molecule has 0 aliphatic rings. The van der Waals surface area contributed by atoms with Gasteiger partial charge in [0.25, 0.3) is 0 Å². The zero-order valence-electron chi connectivity index (χ0n) is 7.07. The molecule has 0 fully saturated rings. The van der Waals surface area contributed by atoms with Gasteiger partial charge in [-0.1, -0.05) is 0 Å². The zero-order chi connectivity index (χ0) is 9.02. The van der Waals surface area contributed by atoms with Crippen molar-refractivity contribution in [3.8, 4) is 0 Å². The lowest BCUT2D eigenvalue weighted by Crippen LogP contribution is -2.42. The van der Waals surface area contributed by atoms with Gasteiger partial charge in [-0.3, -0.25) is 4.79 Å². The predicted molar refractivity (Wildman–Crippen MR) is 40.9 cm³/mol. The Bertz CT molecular complexity index is 134. The van der Waals surface area contributed by atoms with Gasteiger partial charge in [0, 0.05) is 0 Å². The first-order chi connectivity index (χ1) is 4.95. The van der Waals surface area contributed by atoms with Crippen LogP contribution in [-0.2, 0) is 9.53 Å². The quantitative estimate of drug-likeness (QED) is 0.555. The molecule has 0 spiro atoms. The molecule has 0 saturated carbocycles. The summed E-state index contributed by atoms with van der Waals surface area (Å²) in [7, 11) is 0. The molecule has 0 aromatic carbocycles. The number of hydrogen-bond donors (Lipinski definition) is 2. The Hall–Kier alpha value is -0.610. The average Bonchev–Trinajstić information content (AvgIpc) is 1.84. The summed E-state index contributed by atoms with van der Waals surface area (Å²) in [6, 6.07) is -0.933. The zero-order valence-corrected chi connectivity index (χ0v) is 7.07. The average molecular weight is 161 g/mol. The Morgan fingerprint density at radius 3 is 2.18 bits per heavy atom. The van der Waals surface area contributed by atoms with Crippen molar-refractivity contribution in [3.63, 3.8) is 0 Å². The van der Waals surface area contributed by atoms with Gasteiger partial charge < -0.3 is 15.6 Å². The first-order valence-corrected chi connectivity index (χ1v) is 3.59. The van der Waals surface area contributed by atoms with Crippen LogP contribution < -0.4 is 5.73 Å². The third-order valence-corrected chi connectivity index (χ3v) is 1.14. The minimum Gasteiger partial charge on any atom is -0.462 e. The maximum absolute atomic E-state index is 10.9. The van der Waals surface area contributed by atoms with Gasteiger partial charge in [-0.2, -0.15) is 0 Å². The summed E-state index contributed by atoms with van der Waals surface area (Å²) in [5.74, 6) is -0.560. The molecule has 4 heteroatoms. The van der Waals surface area contributed by atoms with Crippen LogP contribution in [0.4, 0.5) is 0 Å². The van der Waals surface area contributed by atoms with Crippen LogP contribution in [0.3, 0.4) is 0 Å². The van der Waals surface area contributed by atoms with Crippen molar-refractivity contribution in [2.75, 3.05) is 0 Å². The fourth-order valence-electron chi connectivity index (χ4n) is 0.508. The second-order valence-electron chi connectivity index (χ2n) is 2.75. The first kappa shape index (κ1) is 10.4. The van der Waals surface area contributed by atoms with Crippen LogP contribution in [0.2, 0.25) is 0 Å². The van der Waals surface area contributed by atoms with Crippen molar-refractivity contribution in [1.82, 2.24) is 0 Å². The lowest BCUT2D eigenvalue weighted by Gasteiger charge is -2.15. The molecular weight excluding hydrogens is 146 g/mol. The van der Waals surface area contributed by atoms with E-state index in [-0.39, 0.29) is 6.10 Å². The summed E-state index contributed by atoms with van der Waals surface area (Å²) in [6.45, 7) is 4.91. The molecular formula is C7H15NO3. The molecule has 0 aliphatic heterocycles. The topological polar surface area (TPSA) is 72.5 Å². The Kier molecular flexibility index (Phi) is 4.07. The van der Waals surface area contributed by atoms with E-state index >= 15 is 0 Å². The molecule has 0 saturated heterocycles. The number of ether oxygens (including phenoxy) is 1. The smallest absolute Gasteiger partial charge is 0.325 e. The standard InChI is InChI=1S/C7H15NO3/c1-4(2)11-7(10)6(8)5(3)9/h4-6,9H,8H2,1-3H3/t5-,6-/m0/s1. The van der Waals surface area contributed by atoms with Crippen LogP contribution in [0.1, 0.15) is 20.8 Å². The Morgan fingerprint density at radius 2 is 1.91 bits per heavy atom. The molecule has 0 aromatic rings. The van der Waals surface area contributed by atoms with Crippen molar-refractivity contribution in [2.24, 2.45) is 5.73 Å². The monoisotopic (exact) mass is 161 g/mol. The minimum absolute atomic E-state index is 0.188. The van der Waals surface area contributed by atoms with E-state index in [9.17, 15) is 4.79 Å². The van der Waals surface area contributed by atoms with Crippen molar-refractivity contribution < 1.29 is 14.6 Å². The van der Waals surface area contributed by atoms with Crippen LogP contribution in [0, 0.1) is 0 Å². The van der Waals surface area contributed by atoms with E-state index in [1.165, 1.54) is 6.92 Å². The molecule has 0 aromatic heterocycles. The number of rotatable bonds is 3. The fourth-order valence-corrected chi connectivity index (χ4v) is 0.508. The number of hydrogen-bond acceptors (Lipinski definition) is 4. The summed E-state index contributed by atoms with van der Waals surface area (Å²) in [4.78, 5) is 10.9. The number of nitrogens with two attached hydrogens (primary N) is 1. The molecule has 0 amide bonds. The van der Waals surface area contributed by atoms with E-state index in [0.717, 1.165) is 0 Å². The summed E-state index contributed by atoms with van der Waals surface area (Å²) in [6.07, 6.45) is -1.05. The fraction of sp³-hybridized carbons (Fsp3) is 0.857. The minimum atomic E-state index is -0.933. The summed E-state index contributed by atoms with van der Waals surface area (Å²) >= 11 is 0. The number of esters is 1. The highest BCUT2D eigenvalue weighted by atomic mass is 16.5. The molecule has 0 unspecified atom stereocenters. The van der Waals surface area contributed by atoms with Gasteiger partial charge in [0.2, 0.25) is 0 Å². The van der Waals surface area contributed by atoms with E-state index < -0.39 is 18.1 Å². The van der Waals surface area contributed by atoms with Crippen LogP contribution in [0.15, 0.2) is 0 Å². The first-order valence-electron chi connectivity index (χ1n) is 3.59. The molecule has 0 radical (unpaired) electrons. The molecule has 0 heterocycles. The Morgan fingerprint density at radius 1 is 1.45 bits per heavy atom. The van der Waals surface area contributed by atoms with Gasteiger partial charge in [-0.05, 0) is 20.8 Å². The largest absolute Gasteiger partial charge is 0.462 e. The molecule has 4 nitrogen and oxygen atoms in total. The third-order valence-electron chi connectivity index (χ3n) is 1.14. The van der Waals surface area contributed by atoms with E-state index in [1.54, 1.807) is 13.8 Å². The molecule has 66 valence electrons. The number of carbonyl (C=O) groups is 1. The lowest BCUT2D eigenvalue weighted by molar-refractivity contribution is -0.151. The van der Waals surface area contributed by atoms with Crippen molar-refractivity contribution in [2.45, 2.75) is 39.0 Å². The van der Waals surface area contributed by atoms with Gasteiger partial charge in [-0.15, -0.1) is 0 Å². The summed E-state index contributed by atoms with van der Waals surface area (Å²) in [5, 5.41) is 8.88. The lowest BCUT2D eigenvalue weighted by atomic mass is 10.2. The second-order valence-corrected chi connectivity index (χ2v) is 2.75. The number of carbonyl (C=O) groups excluding carboxylic acids is 1. The van der Waals surface area contributed by atoms with Crippen molar-refractivity contribution >= 4 is 5.97 Å². The Balaban J connectivity index is 3.83. The van der Waals surface area contributed by atoms with Gasteiger partial charge >= 0.3 is 5.97 Å². The highest BCUT2D eigenvalue weighted by molar-refractivity contribution is 5.76. The van der Waals surface area contributed by atoms with E-state index in [0.29, 0.717) is 0 Å². The summed E-state index contributed by atoms with van der Waals surface area (Å²) < 4.78 is 4.75. The highest BCUT2D eigenvalue weighted by Crippen LogP contribution is 1.96. The third kappa shape index (κ3) is 3.95. The van der Waals surface area contributed by atoms with Gasteiger partial charge in [-0.25, -0.2) is 0 Å². The molecule has 3 N–H and O–H groups in total. The van der Waals surface area contributed by atoms with Crippen LogP contribution in [0.25, 0.3) is 0 Å². The molecule has 0 aliphatic carbocycles. The SMILES string of the molecule is CC(C)OC(=O)[C@@H](N)[C@H](C)O. The predicted octanol–water partition coefficient (Wildman–Crippen LogP) is -0.354. The van der Waals surface area contributed by atoms with E-state index in [1.807, 2.05) is 0 Å². The highest BCUT2D eigenvalue weighted by Gasteiger charge is 2.20. The van der Waals surface area contributed by atoms with E-state index in [2.05, 4.69) is 0 Å². The maximum Gasteiger partial charge on any atom is 0.325 e. The maximum atomic E-state index is 10.9. The molecule has 2 atom stereocenters. The number of aliphatic hydroxyl groups is 1. The van der Waals surface area contributed by atoms with Gasteiger partial charge in [0.15, 0.2) is 0 Å². The van der Waals surface area contributed by atoms with Gasteiger partial charge in [0.1, 0.15) is 6.04 Å². The van der Waals surface area contributed by atoms with Crippen LogP contribution >= 0.6 is 0 Å². The second kappa shape index (κ2) is 4.31. The molecule has 11 heavy (non-hydrogen) atoms. The van der Waals surface area contributed by atoms with Gasteiger partial charge in [0.05, 0.1) is 12.2 Å². The normalized spacial score (nSPS) is 16.2. The van der Waals surface area contributed by atoms with Crippen LogP contribution in [-0.4, -0.2) is 29.3 Å². The number of aliphatic hydroxyl groups excluding tert-OH is 1. The molecule has 0 rings (SSSR count). The molecule has 0 bridgehead atoms. The van der Waals surface area contributed by atoms with E-state index in [4.69, 9.17) is 15.6 Å². The van der Waals surface area contributed by atoms with Crippen molar-refractivity contribution in [1.29, 1.82) is 0 Å². The van der Waals surface area contributed by atoms with Crippen LogP contribution in [0.5, 0.6) is 0 Å².